The highest BCUT2D eigenvalue weighted by Crippen LogP contribution is 2.19. The first-order valence-corrected chi connectivity index (χ1v) is 7.08. The number of piperidine rings is 1. The molecule has 1 rings (SSSR count). The second-order valence-electron chi connectivity index (χ2n) is 5.86. The van der Waals surface area contributed by atoms with Crippen molar-refractivity contribution in [3.63, 3.8) is 0 Å². The molecule has 0 saturated carbocycles. The SMILES string of the molecule is CC1CCCCN1C(C)CN=C(N(C)C)N(C)C.I. The van der Waals surface area contributed by atoms with Gasteiger partial charge in [-0.3, -0.25) is 9.89 Å². The maximum Gasteiger partial charge on any atom is 0.195 e. The van der Waals surface area contributed by atoms with Gasteiger partial charge in [-0.05, 0) is 33.2 Å². The van der Waals surface area contributed by atoms with Gasteiger partial charge in [-0.25, -0.2) is 0 Å². The van der Waals surface area contributed by atoms with Crippen molar-refractivity contribution in [1.29, 1.82) is 0 Å². The summed E-state index contributed by atoms with van der Waals surface area (Å²) in [6.45, 7) is 6.76. The van der Waals surface area contributed by atoms with Gasteiger partial charge >= 0.3 is 0 Å². The van der Waals surface area contributed by atoms with Crippen LogP contribution in [0.5, 0.6) is 0 Å². The minimum absolute atomic E-state index is 0. The molecule has 2 unspecified atom stereocenters. The zero-order valence-electron chi connectivity index (χ0n) is 13.4. The molecule has 0 aliphatic carbocycles. The molecule has 2 atom stereocenters. The van der Waals surface area contributed by atoms with Crippen molar-refractivity contribution in [3.8, 4) is 0 Å². The van der Waals surface area contributed by atoms with E-state index in [1.54, 1.807) is 0 Å². The number of guanidine groups is 1. The molecule has 0 spiro atoms. The fourth-order valence-corrected chi connectivity index (χ4v) is 2.78. The third-order valence-corrected chi connectivity index (χ3v) is 3.72. The lowest BCUT2D eigenvalue weighted by atomic mass is 10.0. The van der Waals surface area contributed by atoms with Crippen molar-refractivity contribution in [3.05, 3.63) is 0 Å². The van der Waals surface area contributed by atoms with Gasteiger partial charge in [-0.2, -0.15) is 0 Å². The molecule has 0 aromatic heterocycles. The molecule has 1 aliphatic rings. The number of halogens is 1. The van der Waals surface area contributed by atoms with Crippen molar-refractivity contribution < 1.29 is 0 Å². The third kappa shape index (κ3) is 5.85. The molecule has 4 nitrogen and oxygen atoms in total. The van der Waals surface area contributed by atoms with Crippen LogP contribution in [0.4, 0.5) is 0 Å². The molecule has 0 aromatic carbocycles. The van der Waals surface area contributed by atoms with Crippen LogP contribution in [-0.2, 0) is 0 Å². The van der Waals surface area contributed by atoms with Crippen molar-refractivity contribution in [2.45, 2.75) is 45.2 Å². The largest absolute Gasteiger partial charge is 0.349 e. The summed E-state index contributed by atoms with van der Waals surface area (Å²) in [5.74, 6) is 1.05. The van der Waals surface area contributed by atoms with Crippen LogP contribution in [0.1, 0.15) is 33.1 Å². The van der Waals surface area contributed by atoms with Crippen molar-refractivity contribution in [2.75, 3.05) is 41.3 Å². The average Bonchev–Trinajstić information content (AvgIpc) is 2.28. The Bertz CT molecular complexity index is 269. The normalized spacial score (nSPS) is 21.3. The van der Waals surface area contributed by atoms with Gasteiger partial charge in [0.2, 0.25) is 0 Å². The van der Waals surface area contributed by atoms with Crippen LogP contribution in [0.25, 0.3) is 0 Å². The van der Waals surface area contributed by atoms with Crippen LogP contribution in [0, 0.1) is 0 Å². The van der Waals surface area contributed by atoms with E-state index >= 15 is 0 Å². The Morgan fingerprint density at radius 1 is 1.21 bits per heavy atom. The average molecular weight is 382 g/mol. The summed E-state index contributed by atoms with van der Waals surface area (Å²) < 4.78 is 0. The van der Waals surface area contributed by atoms with Crippen molar-refractivity contribution in [1.82, 2.24) is 14.7 Å². The molecule has 0 aromatic rings. The minimum Gasteiger partial charge on any atom is -0.349 e. The lowest BCUT2D eigenvalue weighted by Crippen LogP contribution is -2.45. The Labute approximate surface area is 136 Å². The molecule has 1 aliphatic heterocycles. The first-order valence-electron chi connectivity index (χ1n) is 7.08. The molecule has 19 heavy (non-hydrogen) atoms. The summed E-state index contributed by atoms with van der Waals surface area (Å²) in [6, 6.07) is 1.25. The molecule has 0 radical (unpaired) electrons. The lowest BCUT2D eigenvalue weighted by Gasteiger charge is -2.37. The Morgan fingerprint density at radius 3 is 2.26 bits per heavy atom. The van der Waals surface area contributed by atoms with E-state index in [9.17, 15) is 0 Å². The van der Waals surface area contributed by atoms with Gasteiger partial charge < -0.3 is 9.80 Å². The number of rotatable bonds is 3. The maximum atomic E-state index is 4.76. The van der Waals surface area contributed by atoms with Crippen LogP contribution in [0.3, 0.4) is 0 Å². The molecular weight excluding hydrogens is 351 g/mol. The van der Waals surface area contributed by atoms with Gasteiger partial charge in [0.05, 0.1) is 6.54 Å². The van der Waals surface area contributed by atoms with Gasteiger partial charge in [0.15, 0.2) is 5.96 Å². The fourth-order valence-electron chi connectivity index (χ4n) is 2.78. The van der Waals surface area contributed by atoms with E-state index in [0.29, 0.717) is 12.1 Å². The van der Waals surface area contributed by atoms with Gasteiger partial charge in [-0.1, -0.05) is 6.42 Å². The lowest BCUT2D eigenvalue weighted by molar-refractivity contribution is 0.118. The van der Waals surface area contributed by atoms with E-state index in [4.69, 9.17) is 4.99 Å². The minimum atomic E-state index is 0. The molecule has 5 heteroatoms. The smallest absolute Gasteiger partial charge is 0.195 e. The summed E-state index contributed by atoms with van der Waals surface area (Å²) in [7, 11) is 8.19. The molecule has 1 fully saturated rings. The van der Waals surface area contributed by atoms with Crippen LogP contribution in [0.2, 0.25) is 0 Å². The Balaban J connectivity index is 0.00000324. The van der Waals surface area contributed by atoms with Crippen LogP contribution >= 0.6 is 24.0 Å². The summed E-state index contributed by atoms with van der Waals surface area (Å²) in [5.41, 5.74) is 0. The van der Waals surface area contributed by atoms with E-state index in [-0.39, 0.29) is 24.0 Å². The molecule has 0 bridgehead atoms. The third-order valence-electron chi connectivity index (χ3n) is 3.72. The highest BCUT2D eigenvalue weighted by Gasteiger charge is 2.22. The molecule has 0 amide bonds. The fraction of sp³-hybridized carbons (Fsp3) is 0.929. The first kappa shape index (κ1) is 19.0. The highest BCUT2D eigenvalue weighted by molar-refractivity contribution is 14.0. The first-order chi connectivity index (χ1) is 8.43. The number of aliphatic imine (C=N–C) groups is 1. The second-order valence-corrected chi connectivity index (χ2v) is 5.86. The summed E-state index contributed by atoms with van der Waals surface area (Å²) in [6.07, 6.45) is 4.06. The van der Waals surface area contributed by atoms with Gasteiger partial charge in [-0.15, -0.1) is 24.0 Å². The highest BCUT2D eigenvalue weighted by atomic mass is 127. The molecular formula is C14H31IN4. The maximum absolute atomic E-state index is 4.76. The molecule has 114 valence electrons. The van der Waals surface area contributed by atoms with Gasteiger partial charge in [0.1, 0.15) is 0 Å². The van der Waals surface area contributed by atoms with Crippen LogP contribution in [-0.4, -0.2) is 74.0 Å². The Morgan fingerprint density at radius 2 is 1.79 bits per heavy atom. The predicted molar refractivity (Wildman–Crippen MR) is 94.6 cm³/mol. The van der Waals surface area contributed by atoms with Crippen LogP contribution < -0.4 is 0 Å². The van der Waals surface area contributed by atoms with Crippen molar-refractivity contribution in [2.24, 2.45) is 4.99 Å². The Hall–Kier alpha value is -0.0400. The number of likely N-dealkylation sites (tertiary alicyclic amines) is 1. The van der Waals surface area contributed by atoms with E-state index in [1.165, 1.54) is 25.8 Å². The quantitative estimate of drug-likeness (QED) is 0.425. The van der Waals surface area contributed by atoms with E-state index in [0.717, 1.165) is 12.5 Å². The zero-order chi connectivity index (χ0) is 13.7. The van der Waals surface area contributed by atoms with Crippen molar-refractivity contribution >= 4 is 29.9 Å². The van der Waals surface area contributed by atoms with E-state index in [2.05, 4.69) is 28.5 Å². The Kier molecular flexibility index (Phi) is 8.98. The van der Waals surface area contributed by atoms with Crippen LogP contribution in [0.15, 0.2) is 4.99 Å². The van der Waals surface area contributed by atoms with Gasteiger partial charge in [0.25, 0.3) is 0 Å². The molecule has 0 N–H and O–H groups in total. The molecule has 1 saturated heterocycles. The summed E-state index contributed by atoms with van der Waals surface area (Å²) in [4.78, 5) is 11.5. The van der Waals surface area contributed by atoms with E-state index < -0.39 is 0 Å². The number of hydrogen-bond acceptors (Lipinski definition) is 2. The monoisotopic (exact) mass is 382 g/mol. The second kappa shape index (κ2) is 9.00. The van der Waals surface area contributed by atoms with E-state index in [1.807, 2.05) is 28.2 Å². The zero-order valence-corrected chi connectivity index (χ0v) is 15.7. The topological polar surface area (TPSA) is 22.1 Å². The number of nitrogens with zero attached hydrogens (tertiary/aromatic N) is 4. The predicted octanol–water partition coefficient (Wildman–Crippen LogP) is 2.35. The standard InChI is InChI=1S/C14H30N4.HI/c1-12-9-7-8-10-18(12)13(2)11-15-14(16(3)4)17(5)6;/h12-13H,7-11H2,1-6H3;1H. The summed E-state index contributed by atoms with van der Waals surface area (Å²) in [5, 5.41) is 0. The summed E-state index contributed by atoms with van der Waals surface area (Å²) >= 11 is 0. The van der Waals surface area contributed by atoms with Gasteiger partial charge in [0, 0.05) is 40.3 Å². The molecule has 1 heterocycles. The number of hydrogen-bond donors (Lipinski definition) is 0.